The Balaban J connectivity index is 0.000000370. The Labute approximate surface area is 164 Å². The summed E-state index contributed by atoms with van der Waals surface area (Å²) in [7, 11) is 1.59. The maximum atomic E-state index is 11.9. The summed E-state index contributed by atoms with van der Waals surface area (Å²) >= 11 is 0. The van der Waals surface area contributed by atoms with Crippen LogP contribution in [0, 0.1) is 0 Å². The van der Waals surface area contributed by atoms with E-state index in [4.69, 9.17) is 19.1 Å². The van der Waals surface area contributed by atoms with Gasteiger partial charge in [-0.15, -0.1) is 0 Å². The summed E-state index contributed by atoms with van der Waals surface area (Å²) in [6.45, 7) is 3.16. The van der Waals surface area contributed by atoms with Crippen molar-refractivity contribution in [1.29, 1.82) is 0 Å². The molecule has 0 saturated carbocycles. The zero-order chi connectivity index (χ0) is 21.4. The van der Waals surface area contributed by atoms with E-state index in [1.165, 1.54) is 5.56 Å². The standard InChI is InChI=1S/C16H19N3O3.C2HF3O2/c1-21-8-7-17-15(20)16-18-13-10-19(11-14(13)22-16)9-12-5-3-2-4-6-12;3-2(4,5)1(6)7/h2-6H,7-11H2,1H3,(H,17,20);(H,6,7). The molecular weight excluding hydrogens is 395 g/mol. The number of aliphatic carboxylic acids is 1. The van der Waals surface area contributed by atoms with Gasteiger partial charge in [0.1, 0.15) is 5.76 Å². The van der Waals surface area contributed by atoms with Crippen molar-refractivity contribution < 1.29 is 37.0 Å². The van der Waals surface area contributed by atoms with Crippen molar-refractivity contribution in [2.75, 3.05) is 20.3 Å². The van der Waals surface area contributed by atoms with Crippen LogP contribution in [0.3, 0.4) is 0 Å². The van der Waals surface area contributed by atoms with Gasteiger partial charge >= 0.3 is 18.1 Å². The van der Waals surface area contributed by atoms with Crippen molar-refractivity contribution in [2.24, 2.45) is 0 Å². The van der Waals surface area contributed by atoms with Crippen molar-refractivity contribution in [3.05, 3.63) is 53.2 Å². The fourth-order valence-electron chi connectivity index (χ4n) is 2.49. The lowest BCUT2D eigenvalue weighted by Gasteiger charge is -2.14. The average Bonchev–Trinajstić information content (AvgIpc) is 3.21. The molecule has 0 atom stereocenters. The number of alkyl halides is 3. The molecule has 2 aromatic rings. The second-order valence-corrected chi connectivity index (χ2v) is 6.07. The number of carboxylic acids is 1. The Morgan fingerprint density at radius 3 is 2.48 bits per heavy atom. The van der Waals surface area contributed by atoms with E-state index in [0.717, 1.165) is 18.0 Å². The SMILES string of the molecule is COCCNC(=O)c1nc2c(o1)CN(Cc1ccccc1)C2.O=C(O)C(F)(F)F. The minimum absolute atomic E-state index is 0.139. The molecule has 0 spiro atoms. The average molecular weight is 415 g/mol. The number of carboxylic acid groups (broad SMARTS) is 1. The van der Waals surface area contributed by atoms with Crippen molar-refractivity contribution >= 4 is 11.9 Å². The number of oxazole rings is 1. The monoisotopic (exact) mass is 415 g/mol. The summed E-state index contributed by atoms with van der Waals surface area (Å²) < 4.78 is 42.2. The van der Waals surface area contributed by atoms with Gasteiger partial charge in [0, 0.05) is 26.7 Å². The lowest BCUT2D eigenvalue weighted by atomic mass is 10.2. The van der Waals surface area contributed by atoms with Crippen LogP contribution < -0.4 is 5.32 Å². The van der Waals surface area contributed by atoms with Gasteiger partial charge in [-0.25, -0.2) is 9.78 Å². The first-order valence-electron chi connectivity index (χ1n) is 8.52. The van der Waals surface area contributed by atoms with Gasteiger partial charge in [0.25, 0.3) is 5.89 Å². The Morgan fingerprint density at radius 1 is 1.28 bits per heavy atom. The molecule has 0 radical (unpaired) electrons. The van der Waals surface area contributed by atoms with Crippen LogP contribution in [-0.2, 0) is 29.2 Å². The number of amides is 1. The molecule has 2 heterocycles. The van der Waals surface area contributed by atoms with E-state index < -0.39 is 12.1 Å². The highest BCUT2D eigenvalue weighted by Gasteiger charge is 2.38. The van der Waals surface area contributed by atoms with Gasteiger partial charge in [0.15, 0.2) is 0 Å². The molecule has 0 fully saturated rings. The number of hydrogen-bond donors (Lipinski definition) is 2. The van der Waals surface area contributed by atoms with Crippen molar-refractivity contribution in [2.45, 2.75) is 25.8 Å². The number of rotatable bonds is 6. The highest BCUT2D eigenvalue weighted by molar-refractivity contribution is 5.89. The minimum Gasteiger partial charge on any atom is -0.475 e. The van der Waals surface area contributed by atoms with Crippen molar-refractivity contribution in [3.63, 3.8) is 0 Å². The van der Waals surface area contributed by atoms with Gasteiger partial charge in [-0.2, -0.15) is 13.2 Å². The number of fused-ring (bicyclic) bond motifs is 1. The van der Waals surface area contributed by atoms with Crippen LogP contribution in [0.25, 0.3) is 0 Å². The van der Waals surface area contributed by atoms with Crippen LogP contribution in [0.1, 0.15) is 27.7 Å². The summed E-state index contributed by atoms with van der Waals surface area (Å²) in [5.41, 5.74) is 2.11. The van der Waals surface area contributed by atoms with Crippen molar-refractivity contribution in [3.8, 4) is 0 Å². The number of halogens is 3. The van der Waals surface area contributed by atoms with Crippen molar-refractivity contribution in [1.82, 2.24) is 15.2 Å². The van der Waals surface area contributed by atoms with E-state index in [-0.39, 0.29) is 11.8 Å². The zero-order valence-electron chi connectivity index (χ0n) is 15.5. The first-order valence-corrected chi connectivity index (χ1v) is 8.52. The number of ether oxygens (including phenoxy) is 1. The Bertz CT molecular complexity index is 800. The van der Waals surface area contributed by atoms with Crippen LogP contribution in [0.2, 0.25) is 0 Å². The molecule has 29 heavy (non-hydrogen) atoms. The maximum Gasteiger partial charge on any atom is 0.490 e. The second kappa shape index (κ2) is 10.0. The van der Waals surface area contributed by atoms with E-state index in [9.17, 15) is 18.0 Å². The fraction of sp³-hybridized carbons (Fsp3) is 0.389. The molecule has 1 aromatic heterocycles. The number of nitrogens with one attached hydrogen (secondary N) is 1. The third kappa shape index (κ3) is 6.88. The number of aromatic nitrogens is 1. The molecule has 1 amide bonds. The molecule has 2 N–H and O–H groups in total. The van der Waals surface area contributed by atoms with Crippen LogP contribution in [0.15, 0.2) is 34.7 Å². The second-order valence-electron chi connectivity index (χ2n) is 6.07. The number of carbonyl (C=O) groups excluding carboxylic acids is 1. The summed E-state index contributed by atoms with van der Waals surface area (Å²) in [6.07, 6.45) is -5.08. The number of nitrogens with zero attached hydrogens (tertiary/aromatic N) is 2. The van der Waals surface area contributed by atoms with E-state index in [0.29, 0.717) is 26.2 Å². The fourth-order valence-corrected chi connectivity index (χ4v) is 2.49. The highest BCUT2D eigenvalue weighted by atomic mass is 19.4. The third-order valence-electron chi connectivity index (χ3n) is 3.80. The summed E-state index contributed by atoms with van der Waals surface area (Å²) in [4.78, 5) is 27.3. The Morgan fingerprint density at radius 2 is 1.93 bits per heavy atom. The molecule has 0 bridgehead atoms. The van der Waals surface area contributed by atoms with E-state index >= 15 is 0 Å². The highest BCUT2D eigenvalue weighted by Crippen LogP contribution is 2.24. The molecule has 1 aliphatic heterocycles. The third-order valence-corrected chi connectivity index (χ3v) is 3.80. The smallest absolute Gasteiger partial charge is 0.475 e. The molecule has 0 unspecified atom stereocenters. The summed E-state index contributed by atoms with van der Waals surface area (Å²) in [5, 5.41) is 9.83. The van der Waals surface area contributed by atoms with Crippen LogP contribution >= 0.6 is 0 Å². The molecule has 3 rings (SSSR count). The number of benzene rings is 1. The lowest BCUT2D eigenvalue weighted by Crippen LogP contribution is -2.27. The van der Waals surface area contributed by atoms with Gasteiger partial charge in [-0.05, 0) is 5.56 Å². The molecule has 1 aromatic carbocycles. The summed E-state index contributed by atoms with van der Waals surface area (Å²) in [5.74, 6) is -2.12. The molecule has 0 aliphatic carbocycles. The molecule has 8 nitrogen and oxygen atoms in total. The summed E-state index contributed by atoms with van der Waals surface area (Å²) in [6, 6.07) is 10.3. The van der Waals surface area contributed by atoms with Gasteiger partial charge in [0.2, 0.25) is 0 Å². The quantitative estimate of drug-likeness (QED) is 0.697. The van der Waals surface area contributed by atoms with Gasteiger partial charge in [-0.1, -0.05) is 30.3 Å². The van der Waals surface area contributed by atoms with E-state index in [1.54, 1.807) is 7.11 Å². The van der Waals surface area contributed by atoms with E-state index in [2.05, 4.69) is 27.3 Å². The maximum absolute atomic E-state index is 11.9. The predicted molar refractivity (Wildman–Crippen MR) is 93.8 cm³/mol. The number of hydrogen-bond acceptors (Lipinski definition) is 6. The predicted octanol–water partition coefficient (Wildman–Crippen LogP) is 2.20. The lowest BCUT2D eigenvalue weighted by molar-refractivity contribution is -0.192. The molecule has 158 valence electrons. The topological polar surface area (TPSA) is 105 Å². The zero-order valence-corrected chi connectivity index (χ0v) is 15.5. The molecular formula is C18H20F3N3O5. The number of methoxy groups -OCH3 is 1. The Kier molecular flexibility index (Phi) is 7.74. The van der Waals surface area contributed by atoms with Gasteiger partial charge in [-0.3, -0.25) is 9.69 Å². The van der Waals surface area contributed by atoms with Gasteiger partial charge in [0.05, 0.1) is 18.8 Å². The number of carbonyl (C=O) groups is 2. The Hall–Kier alpha value is -2.92. The van der Waals surface area contributed by atoms with Gasteiger partial charge < -0.3 is 19.6 Å². The minimum atomic E-state index is -5.08. The van der Waals surface area contributed by atoms with Crippen LogP contribution in [0.4, 0.5) is 13.2 Å². The van der Waals surface area contributed by atoms with Crippen LogP contribution in [0.5, 0.6) is 0 Å². The van der Waals surface area contributed by atoms with E-state index in [1.807, 2.05) is 18.2 Å². The molecule has 1 aliphatic rings. The first kappa shape index (κ1) is 22.4. The van der Waals surface area contributed by atoms with Crippen LogP contribution in [-0.4, -0.2) is 53.3 Å². The largest absolute Gasteiger partial charge is 0.490 e. The normalized spacial score (nSPS) is 13.4. The molecule has 11 heteroatoms. The molecule has 0 saturated heterocycles. The first-order chi connectivity index (χ1) is 13.7.